The van der Waals surface area contributed by atoms with Gasteiger partial charge in [0.25, 0.3) is 0 Å². The van der Waals surface area contributed by atoms with Crippen molar-refractivity contribution >= 4 is 11.3 Å². The Morgan fingerprint density at radius 3 is 3.36 bits per heavy atom. The van der Waals surface area contributed by atoms with E-state index in [1.807, 2.05) is 12.4 Å². The summed E-state index contributed by atoms with van der Waals surface area (Å²) >= 11 is 1.71. The van der Waals surface area contributed by atoms with E-state index in [0.717, 1.165) is 25.2 Å². The second kappa shape index (κ2) is 6.06. The number of rotatable bonds is 5. The first-order valence-corrected chi connectivity index (χ1v) is 8.63. The van der Waals surface area contributed by atoms with Crippen molar-refractivity contribution in [2.45, 2.75) is 31.8 Å². The molecule has 1 unspecified atom stereocenters. The highest BCUT2D eigenvalue weighted by Gasteiger charge is 2.19. The van der Waals surface area contributed by atoms with Crippen LogP contribution in [0.5, 0.6) is 0 Å². The van der Waals surface area contributed by atoms with Crippen LogP contribution in [0.2, 0.25) is 0 Å². The minimum Gasteiger partial charge on any atom is -0.331 e. The number of H-pyrrole nitrogens is 1. The van der Waals surface area contributed by atoms with E-state index in [9.17, 15) is 0 Å². The Balaban J connectivity index is 1.40. The van der Waals surface area contributed by atoms with Gasteiger partial charge in [0.1, 0.15) is 5.82 Å². The molecule has 114 valence electrons. The van der Waals surface area contributed by atoms with E-state index in [1.54, 1.807) is 11.3 Å². The minimum absolute atomic E-state index is 0.516. The second-order valence-corrected chi connectivity index (χ2v) is 6.49. The fourth-order valence-electron chi connectivity index (χ4n) is 3.18. The molecule has 3 aromatic rings. The molecule has 1 atom stereocenters. The summed E-state index contributed by atoms with van der Waals surface area (Å²) in [7, 11) is 0. The molecule has 22 heavy (non-hydrogen) atoms. The molecule has 3 aromatic heterocycles. The molecular formula is C16H19N5S. The topological polar surface area (TPSA) is 58.5 Å². The Labute approximate surface area is 133 Å². The first kappa shape index (κ1) is 13.7. The van der Waals surface area contributed by atoms with E-state index in [-0.39, 0.29) is 0 Å². The van der Waals surface area contributed by atoms with Crippen LogP contribution in [-0.2, 0) is 13.0 Å². The van der Waals surface area contributed by atoms with Gasteiger partial charge in [-0.2, -0.15) is 16.4 Å². The fourth-order valence-corrected chi connectivity index (χ4v) is 3.83. The molecule has 0 aliphatic carbocycles. The van der Waals surface area contributed by atoms with Gasteiger partial charge in [-0.1, -0.05) is 0 Å². The molecule has 0 saturated heterocycles. The van der Waals surface area contributed by atoms with E-state index in [0.29, 0.717) is 6.04 Å². The predicted molar refractivity (Wildman–Crippen MR) is 87.8 cm³/mol. The number of imidazole rings is 1. The molecule has 6 heteroatoms. The quantitative estimate of drug-likeness (QED) is 0.761. The van der Waals surface area contributed by atoms with E-state index in [4.69, 9.17) is 0 Å². The number of hydrogen-bond donors (Lipinski definition) is 2. The molecule has 0 spiro atoms. The van der Waals surface area contributed by atoms with E-state index >= 15 is 0 Å². The number of hydrogen-bond acceptors (Lipinski definition) is 4. The zero-order chi connectivity index (χ0) is 14.8. The average Bonchev–Trinajstić information content (AvgIpc) is 3.28. The van der Waals surface area contributed by atoms with Gasteiger partial charge in [-0.3, -0.25) is 5.10 Å². The SMILES string of the molecule is c1cn2c(n1)CCCC2CNCc1cn[nH]c1-c1ccsc1. The van der Waals surface area contributed by atoms with Crippen LogP contribution in [0.25, 0.3) is 11.3 Å². The van der Waals surface area contributed by atoms with Gasteiger partial charge < -0.3 is 9.88 Å². The lowest BCUT2D eigenvalue weighted by Crippen LogP contribution is -2.28. The minimum atomic E-state index is 0.516. The first-order chi connectivity index (χ1) is 10.9. The average molecular weight is 313 g/mol. The monoisotopic (exact) mass is 313 g/mol. The Morgan fingerprint density at radius 2 is 2.45 bits per heavy atom. The van der Waals surface area contributed by atoms with E-state index < -0.39 is 0 Å². The third-order valence-corrected chi connectivity index (χ3v) is 4.99. The van der Waals surface area contributed by atoms with Crippen LogP contribution >= 0.6 is 11.3 Å². The van der Waals surface area contributed by atoms with Crippen molar-refractivity contribution < 1.29 is 0 Å². The van der Waals surface area contributed by atoms with Crippen LogP contribution in [-0.4, -0.2) is 26.3 Å². The van der Waals surface area contributed by atoms with Crippen molar-refractivity contribution in [3.63, 3.8) is 0 Å². The lowest BCUT2D eigenvalue weighted by atomic mass is 10.0. The summed E-state index contributed by atoms with van der Waals surface area (Å²) in [6, 6.07) is 2.64. The fraction of sp³-hybridized carbons (Fsp3) is 0.375. The number of nitrogens with zero attached hydrogens (tertiary/aromatic N) is 3. The maximum Gasteiger partial charge on any atom is 0.108 e. The van der Waals surface area contributed by atoms with Gasteiger partial charge in [-0.25, -0.2) is 4.98 Å². The van der Waals surface area contributed by atoms with Gasteiger partial charge in [-0.05, 0) is 24.3 Å². The summed E-state index contributed by atoms with van der Waals surface area (Å²) in [5.41, 5.74) is 3.56. The number of fused-ring (bicyclic) bond motifs is 1. The molecule has 0 fully saturated rings. The van der Waals surface area contributed by atoms with Crippen LogP contribution in [0.15, 0.2) is 35.4 Å². The molecule has 4 heterocycles. The Hall–Kier alpha value is -1.92. The summed E-state index contributed by atoms with van der Waals surface area (Å²) in [6.45, 7) is 1.81. The molecule has 0 amide bonds. The maximum absolute atomic E-state index is 4.43. The van der Waals surface area contributed by atoms with E-state index in [2.05, 4.69) is 48.1 Å². The molecule has 5 nitrogen and oxygen atoms in total. The number of thiophene rings is 1. The highest BCUT2D eigenvalue weighted by Crippen LogP contribution is 2.25. The molecule has 0 saturated carbocycles. The lowest BCUT2D eigenvalue weighted by Gasteiger charge is -2.25. The highest BCUT2D eigenvalue weighted by molar-refractivity contribution is 7.08. The molecule has 0 aromatic carbocycles. The number of aryl methyl sites for hydroxylation is 1. The first-order valence-electron chi connectivity index (χ1n) is 7.69. The largest absolute Gasteiger partial charge is 0.331 e. The smallest absolute Gasteiger partial charge is 0.108 e. The Morgan fingerprint density at radius 1 is 1.45 bits per heavy atom. The third kappa shape index (κ3) is 2.60. The van der Waals surface area contributed by atoms with Crippen molar-refractivity contribution in [1.29, 1.82) is 0 Å². The highest BCUT2D eigenvalue weighted by atomic mass is 32.1. The van der Waals surface area contributed by atoms with Gasteiger partial charge in [0.05, 0.1) is 11.9 Å². The van der Waals surface area contributed by atoms with E-state index in [1.165, 1.54) is 29.8 Å². The summed E-state index contributed by atoms with van der Waals surface area (Å²) in [6.07, 6.45) is 9.50. The normalized spacial score (nSPS) is 17.5. The van der Waals surface area contributed by atoms with Crippen molar-refractivity contribution in [2.24, 2.45) is 0 Å². The molecule has 0 bridgehead atoms. The van der Waals surface area contributed by atoms with Crippen LogP contribution in [0, 0.1) is 0 Å². The lowest BCUT2D eigenvalue weighted by molar-refractivity contribution is 0.376. The van der Waals surface area contributed by atoms with Crippen molar-refractivity contribution in [3.8, 4) is 11.3 Å². The summed E-state index contributed by atoms with van der Waals surface area (Å²) < 4.78 is 2.33. The number of aromatic amines is 1. The summed E-state index contributed by atoms with van der Waals surface area (Å²) in [5, 5.41) is 15.1. The van der Waals surface area contributed by atoms with Gasteiger partial charge in [0, 0.05) is 54.5 Å². The van der Waals surface area contributed by atoms with Crippen molar-refractivity contribution in [3.05, 3.63) is 46.8 Å². The zero-order valence-corrected chi connectivity index (χ0v) is 13.1. The Bertz CT molecular complexity index is 727. The van der Waals surface area contributed by atoms with Gasteiger partial charge in [0.2, 0.25) is 0 Å². The van der Waals surface area contributed by atoms with Crippen LogP contribution in [0.3, 0.4) is 0 Å². The molecule has 0 radical (unpaired) electrons. The standard InChI is InChI=1S/C16H19N5S/c1-2-14(21-6-5-18-15(21)3-1)10-17-8-13-9-19-20-16(13)12-4-7-22-11-12/h4-7,9,11,14,17H,1-3,8,10H2,(H,19,20). The molecule has 1 aliphatic heterocycles. The molecule has 1 aliphatic rings. The molecule has 2 N–H and O–H groups in total. The van der Waals surface area contributed by atoms with Crippen molar-refractivity contribution in [1.82, 2.24) is 25.1 Å². The summed E-state index contributed by atoms with van der Waals surface area (Å²) in [5.74, 6) is 1.22. The van der Waals surface area contributed by atoms with Gasteiger partial charge in [-0.15, -0.1) is 0 Å². The summed E-state index contributed by atoms with van der Waals surface area (Å²) in [4.78, 5) is 4.43. The van der Waals surface area contributed by atoms with Crippen LogP contribution in [0.4, 0.5) is 0 Å². The number of nitrogens with one attached hydrogen (secondary N) is 2. The van der Waals surface area contributed by atoms with Gasteiger partial charge in [0.15, 0.2) is 0 Å². The van der Waals surface area contributed by atoms with Crippen molar-refractivity contribution in [2.75, 3.05) is 6.54 Å². The maximum atomic E-state index is 4.43. The Kier molecular flexibility index (Phi) is 3.78. The third-order valence-electron chi connectivity index (χ3n) is 4.30. The zero-order valence-electron chi connectivity index (χ0n) is 12.3. The van der Waals surface area contributed by atoms with Crippen LogP contribution in [0.1, 0.15) is 30.3 Å². The molecular weight excluding hydrogens is 294 g/mol. The van der Waals surface area contributed by atoms with Gasteiger partial charge >= 0.3 is 0 Å². The predicted octanol–water partition coefficient (Wildman–Crippen LogP) is 3.00. The van der Waals surface area contributed by atoms with Crippen LogP contribution < -0.4 is 5.32 Å². The number of aromatic nitrogens is 4. The second-order valence-electron chi connectivity index (χ2n) is 5.71. The molecule has 4 rings (SSSR count).